The van der Waals surface area contributed by atoms with E-state index in [4.69, 9.17) is 14.4 Å². The number of nitrogens with zero attached hydrogens (tertiary/aromatic N) is 3. The highest BCUT2D eigenvalue weighted by Gasteiger charge is 2.32. The van der Waals surface area contributed by atoms with Crippen molar-refractivity contribution in [3.63, 3.8) is 0 Å². The van der Waals surface area contributed by atoms with Crippen LogP contribution in [0.1, 0.15) is 25.8 Å². The zero-order valence-electron chi connectivity index (χ0n) is 17.4. The van der Waals surface area contributed by atoms with Crippen LogP contribution in [0.4, 0.5) is 4.39 Å². The summed E-state index contributed by atoms with van der Waals surface area (Å²) in [4.78, 5) is 17.4. The lowest BCUT2D eigenvalue weighted by Crippen LogP contribution is -2.49. The van der Waals surface area contributed by atoms with Crippen molar-refractivity contribution >= 4 is 5.97 Å². The number of carboxylic acids is 1. The number of ether oxygens (including phenoxy) is 1. The van der Waals surface area contributed by atoms with Gasteiger partial charge < -0.3 is 14.4 Å². The van der Waals surface area contributed by atoms with Crippen molar-refractivity contribution in [2.75, 3.05) is 13.1 Å². The van der Waals surface area contributed by atoms with Crippen LogP contribution in [0.2, 0.25) is 0 Å². The number of hydrogen-bond donors (Lipinski definition) is 1. The van der Waals surface area contributed by atoms with E-state index < -0.39 is 11.8 Å². The van der Waals surface area contributed by atoms with Gasteiger partial charge in [0.25, 0.3) is 5.89 Å². The van der Waals surface area contributed by atoms with Crippen molar-refractivity contribution < 1.29 is 23.6 Å². The van der Waals surface area contributed by atoms with Gasteiger partial charge in [-0.25, -0.2) is 4.39 Å². The number of halogens is 1. The lowest BCUT2D eigenvalue weighted by atomic mass is 9.99. The molecule has 7 nitrogen and oxygen atoms in total. The molecule has 1 aromatic heterocycles. The summed E-state index contributed by atoms with van der Waals surface area (Å²) in [6.07, 6.45) is 0.714. The number of hydrogen-bond acceptors (Lipinski definition) is 6. The van der Waals surface area contributed by atoms with E-state index in [0.29, 0.717) is 31.0 Å². The molecule has 1 aliphatic heterocycles. The summed E-state index contributed by atoms with van der Waals surface area (Å²) in [5, 5.41) is 13.0. The molecule has 2 heterocycles. The SMILES string of the molecule is CC[C@@H](C)Oc1ccc(-c2nc(-c3ccc(CN4CC(C(=O)O)C4)cc3)no2)cc1F. The van der Waals surface area contributed by atoms with Gasteiger partial charge in [-0.3, -0.25) is 9.69 Å². The van der Waals surface area contributed by atoms with E-state index in [1.165, 1.54) is 6.07 Å². The zero-order chi connectivity index (χ0) is 22.0. The molecule has 162 valence electrons. The molecule has 0 spiro atoms. The first-order valence-electron chi connectivity index (χ1n) is 10.3. The summed E-state index contributed by atoms with van der Waals surface area (Å²) in [6.45, 7) is 5.71. The van der Waals surface area contributed by atoms with Crippen LogP contribution in [0, 0.1) is 11.7 Å². The largest absolute Gasteiger partial charge is 0.488 e. The molecule has 2 aromatic carbocycles. The molecule has 0 bridgehead atoms. The van der Waals surface area contributed by atoms with E-state index >= 15 is 0 Å². The Labute approximate surface area is 179 Å². The Bertz CT molecular complexity index is 1060. The van der Waals surface area contributed by atoms with Crippen LogP contribution in [0.3, 0.4) is 0 Å². The van der Waals surface area contributed by atoms with Crippen LogP contribution in [0.25, 0.3) is 22.8 Å². The van der Waals surface area contributed by atoms with Crippen LogP contribution in [0.5, 0.6) is 5.75 Å². The molecule has 1 aliphatic rings. The summed E-state index contributed by atoms with van der Waals surface area (Å²) in [5.41, 5.74) is 2.34. The third-order valence-electron chi connectivity index (χ3n) is 5.43. The van der Waals surface area contributed by atoms with Crippen LogP contribution in [-0.4, -0.2) is 45.3 Å². The van der Waals surface area contributed by atoms with Gasteiger partial charge in [0.1, 0.15) is 0 Å². The Balaban J connectivity index is 1.42. The first-order valence-corrected chi connectivity index (χ1v) is 10.3. The molecule has 0 unspecified atom stereocenters. The fraction of sp³-hybridized carbons (Fsp3) is 0.348. The molecule has 0 radical (unpaired) electrons. The van der Waals surface area contributed by atoms with Gasteiger partial charge in [0.2, 0.25) is 5.82 Å². The van der Waals surface area contributed by atoms with E-state index in [2.05, 4.69) is 15.0 Å². The summed E-state index contributed by atoms with van der Waals surface area (Å²) in [5.74, 6) is -0.636. The van der Waals surface area contributed by atoms with Gasteiger partial charge in [-0.2, -0.15) is 4.98 Å². The van der Waals surface area contributed by atoms with Gasteiger partial charge in [0.05, 0.1) is 12.0 Å². The predicted octanol–water partition coefficient (Wildman–Crippen LogP) is 4.24. The van der Waals surface area contributed by atoms with Crippen molar-refractivity contribution in [2.45, 2.75) is 32.9 Å². The fourth-order valence-corrected chi connectivity index (χ4v) is 3.36. The highest BCUT2D eigenvalue weighted by Crippen LogP contribution is 2.28. The maximum atomic E-state index is 14.4. The Hall–Kier alpha value is -3.26. The highest BCUT2D eigenvalue weighted by atomic mass is 19.1. The molecule has 3 aromatic rings. The highest BCUT2D eigenvalue weighted by molar-refractivity contribution is 5.71. The molecule has 8 heteroatoms. The second-order valence-corrected chi connectivity index (χ2v) is 7.83. The maximum Gasteiger partial charge on any atom is 0.309 e. The van der Waals surface area contributed by atoms with Crippen molar-refractivity contribution in [1.82, 2.24) is 15.0 Å². The van der Waals surface area contributed by atoms with Gasteiger partial charge in [0, 0.05) is 30.8 Å². The fourth-order valence-electron chi connectivity index (χ4n) is 3.36. The minimum absolute atomic E-state index is 0.0713. The summed E-state index contributed by atoms with van der Waals surface area (Å²) in [6, 6.07) is 12.3. The summed E-state index contributed by atoms with van der Waals surface area (Å²) >= 11 is 0. The van der Waals surface area contributed by atoms with Crippen molar-refractivity contribution in [3.05, 3.63) is 53.8 Å². The second-order valence-electron chi connectivity index (χ2n) is 7.83. The van der Waals surface area contributed by atoms with Crippen LogP contribution in [0.15, 0.2) is 47.0 Å². The quantitative estimate of drug-likeness (QED) is 0.577. The summed E-state index contributed by atoms with van der Waals surface area (Å²) < 4.78 is 25.2. The van der Waals surface area contributed by atoms with Crippen LogP contribution >= 0.6 is 0 Å². The topological polar surface area (TPSA) is 88.7 Å². The van der Waals surface area contributed by atoms with Crippen LogP contribution in [-0.2, 0) is 11.3 Å². The number of carboxylic acid groups (broad SMARTS) is 1. The molecule has 1 N–H and O–H groups in total. The minimum Gasteiger partial charge on any atom is -0.488 e. The van der Waals surface area contributed by atoms with Crippen LogP contribution < -0.4 is 4.74 Å². The van der Waals surface area contributed by atoms with Gasteiger partial charge in [-0.15, -0.1) is 0 Å². The van der Waals surface area contributed by atoms with E-state index in [9.17, 15) is 9.18 Å². The number of aromatic nitrogens is 2. The smallest absolute Gasteiger partial charge is 0.309 e. The summed E-state index contributed by atoms with van der Waals surface area (Å²) in [7, 11) is 0. The molecule has 1 atom stereocenters. The minimum atomic E-state index is -0.739. The third kappa shape index (κ3) is 4.74. The maximum absolute atomic E-state index is 14.4. The van der Waals surface area contributed by atoms with E-state index in [1.54, 1.807) is 12.1 Å². The first-order chi connectivity index (χ1) is 14.9. The molecular formula is C23H24FN3O4. The lowest BCUT2D eigenvalue weighted by Gasteiger charge is -2.36. The molecule has 0 amide bonds. The molecule has 1 saturated heterocycles. The number of carbonyl (C=O) groups is 1. The molecule has 0 aliphatic carbocycles. The van der Waals surface area contributed by atoms with E-state index in [0.717, 1.165) is 17.5 Å². The molecule has 31 heavy (non-hydrogen) atoms. The molecular weight excluding hydrogens is 401 g/mol. The van der Waals surface area contributed by atoms with Gasteiger partial charge in [-0.05, 0) is 37.1 Å². The van der Waals surface area contributed by atoms with E-state index in [-0.39, 0.29) is 23.7 Å². The average molecular weight is 425 g/mol. The Morgan fingerprint density at radius 2 is 1.97 bits per heavy atom. The van der Waals surface area contributed by atoms with Gasteiger partial charge in [0.15, 0.2) is 11.6 Å². The number of rotatable bonds is 8. The van der Waals surface area contributed by atoms with Gasteiger partial charge >= 0.3 is 5.97 Å². The lowest BCUT2D eigenvalue weighted by molar-refractivity contribution is -0.147. The molecule has 4 rings (SSSR count). The molecule has 0 saturated carbocycles. The van der Waals surface area contributed by atoms with Gasteiger partial charge in [-0.1, -0.05) is 36.3 Å². The number of likely N-dealkylation sites (tertiary alicyclic amines) is 1. The van der Waals surface area contributed by atoms with E-state index in [1.807, 2.05) is 38.1 Å². The third-order valence-corrected chi connectivity index (χ3v) is 5.43. The van der Waals surface area contributed by atoms with Crippen molar-refractivity contribution in [2.24, 2.45) is 5.92 Å². The first kappa shape index (κ1) is 21.0. The average Bonchev–Trinajstić information content (AvgIpc) is 3.22. The standard InChI is InChI=1S/C23H24FN3O4/c1-3-14(2)30-20-9-8-17(10-19(20)24)22-25-21(26-31-22)16-6-4-15(5-7-16)11-27-12-18(13-27)23(28)29/h4-10,14,18H,3,11-13H2,1-2H3,(H,28,29)/t14-/m1/s1. The normalized spacial score (nSPS) is 15.5. The number of aliphatic carboxylic acids is 1. The monoisotopic (exact) mass is 425 g/mol. The zero-order valence-corrected chi connectivity index (χ0v) is 17.4. The Morgan fingerprint density at radius 3 is 2.61 bits per heavy atom. The number of benzene rings is 2. The van der Waals surface area contributed by atoms with Crippen molar-refractivity contribution in [3.8, 4) is 28.6 Å². The van der Waals surface area contributed by atoms with Crippen molar-refractivity contribution in [1.29, 1.82) is 0 Å². The Kier molecular flexibility index (Phi) is 5.99. The Morgan fingerprint density at radius 1 is 1.26 bits per heavy atom. The molecule has 1 fully saturated rings. The predicted molar refractivity (Wildman–Crippen MR) is 112 cm³/mol. The second kappa shape index (κ2) is 8.85.